The van der Waals surface area contributed by atoms with Gasteiger partial charge in [0, 0.05) is 0 Å². The number of nitrogens with zero attached hydrogens (tertiary/aromatic N) is 1. The molecule has 0 saturated heterocycles. The minimum absolute atomic E-state index is 0.0364. The molecule has 0 spiro atoms. The van der Waals surface area contributed by atoms with Gasteiger partial charge in [-0.2, -0.15) is 0 Å². The van der Waals surface area contributed by atoms with Crippen LogP contribution in [0, 0.1) is 0 Å². The summed E-state index contributed by atoms with van der Waals surface area (Å²) in [5, 5.41) is 8.60. The lowest BCUT2D eigenvalue weighted by atomic mass is 10.1. The second kappa shape index (κ2) is 20.6. The van der Waals surface area contributed by atoms with Crippen LogP contribution in [0.3, 0.4) is 0 Å². The number of allylic oxidation sites excluding steroid dienone is 4. The van der Waals surface area contributed by atoms with E-state index >= 15 is 0 Å². The number of quaternary nitrogens is 1. The minimum atomic E-state index is -4.57. The van der Waals surface area contributed by atoms with E-state index in [1.807, 2.05) is 21.1 Å². The predicted octanol–water partition coefficient (Wildman–Crippen LogP) is 8.10. The lowest BCUT2D eigenvalue weighted by molar-refractivity contribution is -0.875. The molecule has 0 radical (unpaired) electrons. The van der Waals surface area contributed by atoms with Crippen molar-refractivity contribution in [2.75, 3.05) is 27.7 Å². The van der Waals surface area contributed by atoms with Crippen molar-refractivity contribution in [3.63, 3.8) is 0 Å². The zero-order valence-electron chi connectivity index (χ0n) is 23.6. The van der Waals surface area contributed by atoms with Crippen LogP contribution in [0.2, 0.25) is 0 Å². The smallest absolute Gasteiger partial charge is 0.362 e. The molecule has 0 aliphatic rings. The lowest BCUT2D eigenvalue weighted by Crippen LogP contribution is -2.49. The molecule has 0 heterocycles. The first-order valence-corrected chi connectivity index (χ1v) is 16.0. The molecular weight excluding hydrogens is 457 g/mol. The van der Waals surface area contributed by atoms with Gasteiger partial charge in [-0.3, -0.25) is 4.57 Å². The number of hydrogen-bond acceptors (Lipinski definition) is 2. The molecule has 35 heavy (non-hydrogen) atoms. The van der Waals surface area contributed by atoms with Crippen molar-refractivity contribution in [3.05, 3.63) is 24.3 Å². The highest BCUT2D eigenvalue weighted by Gasteiger charge is 2.48. The number of rotatable bonds is 24. The Morgan fingerprint density at radius 1 is 0.629 bits per heavy atom. The van der Waals surface area contributed by atoms with Crippen molar-refractivity contribution in [1.29, 1.82) is 0 Å². The Morgan fingerprint density at radius 3 is 1.34 bits per heavy atom. The molecule has 0 aliphatic carbocycles. The van der Waals surface area contributed by atoms with E-state index in [0.717, 1.165) is 12.8 Å². The van der Waals surface area contributed by atoms with E-state index in [-0.39, 0.29) is 13.0 Å². The normalized spacial score (nSPS) is 14.8. The van der Waals surface area contributed by atoms with Crippen LogP contribution in [-0.2, 0) is 4.57 Å². The topological polar surface area (TPSA) is 77.8 Å². The summed E-state index contributed by atoms with van der Waals surface area (Å²) in [5.41, 5.74) is 0. The molecule has 0 aromatic heterocycles. The van der Waals surface area contributed by atoms with Crippen LogP contribution in [0.25, 0.3) is 0 Å². The van der Waals surface area contributed by atoms with Crippen LogP contribution >= 0.6 is 7.60 Å². The third kappa shape index (κ3) is 21.4. The standard InChI is InChI=1S/C29H58NO4P/c1-5-6-7-8-9-10-11-12-13-14-15-16-17-18-19-20-21-22-23-24-25-26-27-29(31,35(32,33)34)28-30(2,3)4/h16-17,23-24,31H,5-15,18-22,25-28H2,1-4H3,(H-,32,33,34)/p+1/b17-16-,24-23-. The Kier molecular flexibility index (Phi) is 20.3. The molecule has 5 nitrogen and oxygen atoms in total. The van der Waals surface area contributed by atoms with Crippen molar-refractivity contribution in [2.24, 2.45) is 0 Å². The van der Waals surface area contributed by atoms with Crippen LogP contribution in [-0.4, -0.2) is 52.4 Å². The second-order valence-corrected chi connectivity index (χ2v) is 13.3. The minimum Gasteiger partial charge on any atom is -0.373 e. The van der Waals surface area contributed by atoms with Gasteiger partial charge in [0.15, 0.2) is 0 Å². The number of unbranched alkanes of at least 4 members (excludes halogenated alkanes) is 15. The van der Waals surface area contributed by atoms with Crippen LogP contribution in [0.1, 0.15) is 129 Å². The molecule has 0 amide bonds. The molecule has 0 fully saturated rings. The van der Waals surface area contributed by atoms with Crippen molar-refractivity contribution < 1.29 is 23.9 Å². The van der Waals surface area contributed by atoms with Crippen molar-refractivity contribution in [1.82, 2.24) is 0 Å². The van der Waals surface area contributed by atoms with Gasteiger partial charge in [0.2, 0.25) is 5.34 Å². The maximum atomic E-state index is 11.8. The second-order valence-electron chi connectivity index (χ2n) is 11.4. The summed E-state index contributed by atoms with van der Waals surface area (Å²) in [6, 6.07) is 0. The molecule has 1 atom stereocenters. The fourth-order valence-electron chi connectivity index (χ4n) is 4.50. The molecule has 1 unspecified atom stereocenters. The van der Waals surface area contributed by atoms with Gasteiger partial charge in [-0.1, -0.05) is 95.4 Å². The van der Waals surface area contributed by atoms with E-state index in [1.54, 1.807) is 0 Å². The van der Waals surface area contributed by atoms with Gasteiger partial charge in [-0.25, -0.2) is 0 Å². The summed E-state index contributed by atoms with van der Waals surface area (Å²) in [7, 11) is 0.914. The molecule has 0 aromatic rings. The largest absolute Gasteiger partial charge is 0.373 e. The molecule has 0 aromatic carbocycles. The highest BCUT2D eigenvalue weighted by Crippen LogP contribution is 2.52. The summed E-state index contributed by atoms with van der Waals surface area (Å²) in [5.74, 6) is 0. The number of aliphatic hydroxyl groups is 1. The van der Waals surface area contributed by atoms with Crippen LogP contribution in [0.5, 0.6) is 0 Å². The average molecular weight is 517 g/mol. The first-order chi connectivity index (χ1) is 16.5. The summed E-state index contributed by atoms with van der Waals surface area (Å²) < 4.78 is 12.1. The third-order valence-corrected chi connectivity index (χ3v) is 7.97. The van der Waals surface area contributed by atoms with Crippen molar-refractivity contribution >= 4 is 7.60 Å². The molecule has 0 aliphatic heterocycles. The zero-order valence-corrected chi connectivity index (χ0v) is 24.5. The van der Waals surface area contributed by atoms with Crippen molar-refractivity contribution in [2.45, 2.75) is 134 Å². The molecule has 0 bridgehead atoms. The average Bonchev–Trinajstić information content (AvgIpc) is 2.75. The fraction of sp³-hybridized carbons (Fsp3) is 0.862. The monoisotopic (exact) mass is 516 g/mol. The maximum absolute atomic E-state index is 11.8. The lowest BCUT2D eigenvalue weighted by Gasteiger charge is -2.35. The summed E-state index contributed by atoms with van der Waals surface area (Å²) in [4.78, 5) is 19.2. The van der Waals surface area contributed by atoms with Gasteiger partial charge in [-0.05, 0) is 57.8 Å². The Balaban J connectivity index is 3.62. The van der Waals surface area contributed by atoms with Gasteiger partial charge < -0.3 is 19.4 Å². The van der Waals surface area contributed by atoms with E-state index in [0.29, 0.717) is 10.9 Å². The zero-order chi connectivity index (χ0) is 26.5. The summed E-state index contributed by atoms with van der Waals surface area (Å²) >= 11 is 0. The van der Waals surface area contributed by atoms with E-state index < -0.39 is 12.9 Å². The number of hydrogen-bond donors (Lipinski definition) is 3. The van der Waals surface area contributed by atoms with Crippen LogP contribution in [0.4, 0.5) is 0 Å². The molecule has 208 valence electrons. The van der Waals surface area contributed by atoms with Gasteiger partial charge in [-0.15, -0.1) is 0 Å². The summed E-state index contributed by atoms with van der Waals surface area (Å²) in [6.07, 6.45) is 31.4. The van der Waals surface area contributed by atoms with Gasteiger partial charge in [0.05, 0.1) is 21.1 Å². The van der Waals surface area contributed by atoms with E-state index in [9.17, 15) is 19.5 Å². The van der Waals surface area contributed by atoms with E-state index in [1.165, 1.54) is 96.3 Å². The molecule has 3 N–H and O–H groups in total. The SMILES string of the molecule is CCCCCCCCCCCC/C=C\CCCCC/C=C\CCCC(O)(C[N+](C)(C)C)P(=O)(O)O. The van der Waals surface area contributed by atoms with Crippen LogP contribution in [0.15, 0.2) is 24.3 Å². The van der Waals surface area contributed by atoms with Gasteiger partial charge in [0.25, 0.3) is 0 Å². The predicted molar refractivity (Wildman–Crippen MR) is 152 cm³/mol. The number of likely N-dealkylation sites (N-methyl/N-ethyl adjacent to an activating group) is 1. The Hall–Kier alpha value is -0.450. The molecule has 0 saturated carbocycles. The fourth-order valence-corrected chi connectivity index (χ4v) is 5.56. The highest BCUT2D eigenvalue weighted by molar-refractivity contribution is 7.53. The quantitative estimate of drug-likeness (QED) is 0.0524. The first-order valence-electron chi connectivity index (χ1n) is 14.4. The van der Waals surface area contributed by atoms with E-state index in [2.05, 4.69) is 31.2 Å². The Bertz CT molecular complexity index is 594. The Morgan fingerprint density at radius 2 is 0.971 bits per heavy atom. The summed E-state index contributed by atoms with van der Waals surface area (Å²) in [6.45, 7) is 2.31. The third-order valence-electron chi connectivity index (χ3n) is 6.52. The first kappa shape index (κ1) is 34.6. The van der Waals surface area contributed by atoms with Gasteiger partial charge >= 0.3 is 7.60 Å². The molecule has 0 rings (SSSR count). The molecule has 6 heteroatoms. The Labute approximate surface area is 217 Å². The highest BCUT2D eigenvalue weighted by atomic mass is 31.2. The molecular formula is C29H59NO4P+. The maximum Gasteiger partial charge on any atom is 0.362 e. The van der Waals surface area contributed by atoms with Crippen molar-refractivity contribution in [3.8, 4) is 0 Å². The van der Waals surface area contributed by atoms with Crippen LogP contribution < -0.4 is 0 Å². The van der Waals surface area contributed by atoms with E-state index in [4.69, 9.17) is 0 Å². The van der Waals surface area contributed by atoms with Gasteiger partial charge in [0.1, 0.15) is 6.54 Å².